The minimum Gasteiger partial charge on any atom is -0.492 e. The number of nitrogens with one attached hydrogen (secondary N) is 1. The van der Waals surface area contributed by atoms with Gasteiger partial charge in [-0.2, -0.15) is 0 Å². The quantitative estimate of drug-likeness (QED) is 0.559. The minimum atomic E-state index is -1.00. The summed E-state index contributed by atoms with van der Waals surface area (Å²) in [5.74, 6) is -2.24. The zero-order chi connectivity index (χ0) is 29.2. The van der Waals surface area contributed by atoms with Crippen molar-refractivity contribution in [2.75, 3.05) is 32.8 Å². The van der Waals surface area contributed by atoms with Crippen molar-refractivity contribution >= 4 is 29.5 Å². The van der Waals surface area contributed by atoms with Crippen molar-refractivity contribution in [3.8, 4) is 5.75 Å². The molecule has 1 spiro atoms. The summed E-state index contributed by atoms with van der Waals surface area (Å²) in [4.78, 5) is 68.6. The van der Waals surface area contributed by atoms with Gasteiger partial charge in [0, 0.05) is 36.5 Å². The number of likely N-dealkylation sites (tertiary alicyclic amines) is 2. The Balaban J connectivity index is 1.02. The third-order valence-corrected chi connectivity index (χ3v) is 9.74. The average Bonchev–Trinajstić information content (AvgIpc) is 3.46. The van der Waals surface area contributed by atoms with E-state index in [0.29, 0.717) is 31.5 Å². The molecule has 1 unspecified atom stereocenters. The number of imide groups is 2. The summed E-state index contributed by atoms with van der Waals surface area (Å²) in [6, 6.07) is 8.84. The first-order valence-corrected chi connectivity index (χ1v) is 14.6. The van der Waals surface area contributed by atoms with E-state index in [-0.39, 0.29) is 40.9 Å². The Hall–Kier alpha value is -4.12. The average molecular weight is 575 g/mol. The maximum absolute atomic E-state index is 14.1. The van der Waals surface area contributed by atoms with Crippen molar-refractivity contribution in [3.63, 3.8) is 0 Å². The number of amides is 5. The molecule has 10 nitrogen and oxygen atoms in total. The predicted molar refractivity (Wildman–Crippen MR) is 146 cm³/mol. The van der Waals surface area contributed by atoms with E-state index in [1.54, 1.807) is 29.2 Å². The van der Waals surface area contributed by atoms with Crippen molar-refractivity contribution in [1.29, 1.82) is 0 Å². The number of piperidine rings is 3. The first kappa shape index (κ1) is 26.8. The van der Waals surface area contributed by atoms with Gasteiger partial charge in [0.15, 0.2) is 0 Å². The molecule has 1 atom stereocenters. The van der Waals surface area contributed by atoms with Crippen LogP contribution < -0.4 is 10.1 Å². The van der Waals surface area contributed by atoms with Gasteiger partial charge in [0.2, 0.25) is 11.8 Å². The maximum Gasteiger partial charge on any atom is 0.262 e. The van der Waals surface area contributed by atoms with Crippen molar-refractivity contribution in [2.45, 2.75) is 56.0 Å². The maximum atomic E-state index is 14.1. The van der Waals surface area contributed by atoms with Gasteiger partial charge in [-0.15, -0.1) is 0 Å². The summed E-state index contributed by atoms with van der Waals surface area (Å²) in [6.45, 7) is 3.31. The monoisotopic (exact) mass is 574 g/mol. The highest BCUT2D eigenvalue weighted by molar-refractivity contribution is 6.23. The van der Waals surface area contributed by atoms with Crippen LogP contribution in [-0.4, -0.2) is 89.1 Å². The van der Waals surface area contributed by atoms with Crippen molar-refractivity contribution in [2.24, 2.45) is 0 Å². The van der Waals surface area contributed by atoms with Crippen LogP contribution >= 0.6 is 0 Å². The van der Waals surface area contributed by atoms with Crippen LogP contribution in [0.25, 0.3) is 0 Å². The summed E-state index contributed by atoms with van der Waals surface area (Å²) in [5, 5.41) is 2.23. The SMILES string of the molecule is O=C1CCC(N2C(=O)c3cc4c(cc3C2=O)C2(CCN(C3CCN(C(=O)c5ccccc5F)CC3)CC2)CO4)C(=O)N1. The Morgan fingerprint density at radius 3 is 2.31 bits per heavy atom. The fourth-order valence-corrected chi connectivity index (χ4v) is 7.29. The lowest BCUT2D eigenvalue weighted by Crippen LogP contribution is -2.54. The Labute approximate surface area is 241 Å². The third-order valence-electron chi connectivity index (χ3n) is 9.74. The van der Waals surface area contributed by atoms with E-state index in [0.717, 1.165) is 49.2 Å². The number of benzene rings is 2. The second-order valence-corrected chi connectivity index (χ2v) is 11.9. The van der Waals surface area contributed by atoms with Gasteiger partial charge in [0.25, 0.3) is 17.7 Å². The standard InChI is InChI=1S/C31H31FN4O6/c32-23-4-2-1-3-19(23)28(39)35-11-7-18(8-12-35)34-13-9-31(10-14-34)17-42-25-16-21-20(15-22(25)31)29(40)36(30(21)41)24-5-6-26(37)33-27(24)38/h1-4,15-16,18,24H,5-14,17H2,(H,33,37,38). The first-order chi connectivity index (χ1) is 20.3. The molecule has 0 bridgehead atoms. The fourth-order valence-electron chi connectivity index (χ4n) is 7.29. The van der Waals surface area contributed by atoms with Crippen molar-refractivity contribution in [1.82, 2.24) is 20.0 Å². The van der Waals surface area contributed by atoms with Crippen LogP contribution in [0.15, 0.2) is 36.4 Å². The molecule has 2 aromatic rings. The zero-order valence-corrected chi connectivity index (χ0v) is 23.1. The topological polar surface area (TPSA) is 116 Å². The molecule has 3 fully saturated rings. The summed E-state index contributed by atoms with van der Waals surface area (Å²) in [5.41, 5.74) is 1.28. The van der Waals surface area contributed by atoms with E-state index in [4.69, 9.17) is 4.74 Å². The molecule has 0 aromatic heterocycles. The fraction of sp³-hybridized carbons (Fsp3) is 0.452. The second kappa shape index (κ2) is 10.0. The molecule has 0 aliphatic carbocycles. The molecule has 0 saturated carbocycles. The Morgan fingerprint density at radius 1 is 0.929 bits per heavy atom. The van der Waals surface area contributed by atoms with Crippen LogP contribution in [-0.2, 0) is 15.0 Å². The molecule has 11 heteroatoms. The largest absolute Gasteiger partial charge is 0.492 e. The zero-order valence-electron chi connectivity index (χ0n) is 23.1. The lowest BCUT2D eigenvalue weighted by molar-refractivity contribution is -0.136. The number of ether oxygens (including phenoxy) is 1. The van der Waals surface area contributed by atoms with Gasteiger partial charge in [0.1, 0.15) is 17.6 Å². The van der Waals surface area contributed by atoms with Gasteiger partial charge in [-0.25, -0.2) is 4.39 Å². The van der Waals surface area contributed by atoms with Crippen molar-refractivity contribution in [3.05, 3.63) is 64.5 Å². The molecule has 7 rings (SSSR count). The molecule has 218 valence electrons. The molecule has 2 aromatic carbocycles. The highest BCUT2D eigenvalue weighted by atomic mass is 19.1. The minimum absolute atomic E-state index is 0.0734. The lowest BCUT2D eigenvalue weighted by Gasteiger charge is -2.44. The number of hydrogen-bond donors (Lipinski definition) is 1. The van der Waals surface area contributed by atoms with Gasteiger partial charge in [-0.3, -0.25) is 34.2 Å². The van der Waals surface area contributed by atoms with Crippen LogP contribution in [0, 0.1) is 5.82 Å². The number of nitrogens with zero attached hydrogens (tertiary/aromatic N) is 3. The first-order valence-electron chi connectivity index (χ1n) is 14.6. The van der Waals surface area contributed by atoms with Gasteiger partial charge in [0.05, 0.1) is 23.3 Å². The predicted octanol–water partition coefficient (Wildman–Crippen LogP) is 2.26. The van der Waals surface area contributed by atoms with Crippen LogP contribution in [0.2, 0.25) is 0 Å². The van der Waals surface area contributed by atoms with Gasteiger partial charge >= 0.3 is 0 Å². The summed E-state index contributed by atoms with van der Waals surface area (Å²) in [7, 11) is 0. The van der Waals surface area contributed by atoms with E-state index in [2.05, 4.69) is 10.2 Å². The molecule has 1 N–H and O–H groups in total. The number of carbonyl (C=O) groups is 5. The van der Waals surface area contributed by atoms with E-state index >= 15 is 0 Å². The normalized spacial score (nSPS) is 24.1. The summed E-state index contributed by atoms with van der Waals surface area (Å²) in [6.07, 6.45) is 3.48. The molecular weight excluding hydrogens is 543 g/mol. The van der Waals surface area contributed by atoms with Crippen LogP contribution in [0.1, 0.15) is 75.2 Å². The smallest absolute Gasteiger partial charge is 0.262 e. The Morgan fingerprint density at radius 2 is 1.62 bits per heavy atom. The van der Waals surface area contributed by atoms with E-state index in [1.807, 2.05) is 0 Å². The van der Waals surface area contributed by atoms with E-state index < -0.39 is 35.5 Å². The Bertz CT molecular complexity index is 1530. The van der Waals surface area contributed by atoms with E-state index in [1.165, 1.54) is 12.1 Å². The van der Waals surface area contributed by atoms with Crippen LogP contribution in [0.5, 0.6) is 5.75 Å². The Kier molecular flexibility index (Phi) is 6.38. The number of fused-ring (bicyclic) bond motifs is 3. The number of hydrogen-bond acceptors (Lipinski definition) is 7. The summed E-state index contributed by atoms with van der Waals surface area (Å²) >= 11 is 0. The lowest BCUT2D eigenvalue weighted by atomic mass is 9.73. The molecule has 5 heterocycles. The summed E-state index contributed by atoms with van der Waals surface area (Å²) < 4.78 is 20.2. The van der Waals surface area contributed by atoms with Gasteiger partial charge in [-0.1, -0.05) is 12.1 Å². The van der Waals surface area contributed by atoms with E-state index in [9.17, 15) is 28.4 Å². The second-order valence-electron chi connectivity index (χ2n) is 11.9. The molecular formula is C31H31FN4O6. The molecule has 3 saturated heterocycles. The highest BCUT2D eigenvalue weighted by Gasteiger charge is 2.49. The molecule has 42 heavy (non-hydrogen) atoms. The molecule has 5 amide bonds. The van der Waals surface area contributed by atoms with Crippen LogP contribution in [0.4, 0.5) is 4.39 Å². The molecule has 5 aliphatic heterocycles. The molecule has 0 radical (unpaired) electrons. The van der Waals surface area contributed by atoms with Gasteiger partial charge in [-0.05, 0) is 69.5 Å². The van der Waals surface area contributed by atoms with Crippen LogP contribution in [0.3, 0.4) is 0 Å². The van der Waals surface area contributed by atoms with Gasteiger partial charge < -0.3 is 14.5 Å². The number of rotatable bonds is 3. The molecule has 5 aliphatic rings. The van der Waals surface area contributed by atoms with Crippen molar-refractivity contribution < 1.29 is 33.1 Å². The highest BCUT2D eigenvalue weighted by Crippen LogP contribution is 2.48. The number of halogens is 1. The number of carbonyl (C=O) groups excluding carboxylic acids is 5. The third kappa shape index (κ3) is 4.21.